The molecule has 0 bridgehead atoms. The minimum absolute atomic E-state index is 0.311. The van der Waals surface area contributed by atoms with E-state index in [0.29, 0.717) is 24.4 Å². The van der Waals surface area contributed by atoms with Crippen molar-refractivity contribution in [1.82, 2.24) is 0 Å². The maximum Gasteiger partial charge on any atom is 0.337 e. The second kappa shape index (κ2) is 6.06. The Kier molecular flexibility index (Phi) is 3.96. The van der Waals surface area contributed by atoms with Crippen LogP contribution in [0, 0.1) is 0 Å². The molecule has 0 radical (unpaired) electrons. The van der Waals surface area contributed by atoms with Gasteiger partial charge in [-0.2, -0.15) is 0 Å². The number of carbonyl (C=O) groups excluding carboxylic acids is 1. The zero-order chi connectivity index (χ0) is 15.5. The third-order valence-electron chi connectivity index (χ3n) is 3.72. The van der Waals surface area contributed by atoms with Crippen molar-refractivity contribution in [2.75, 3.05) is 6.61 Å². The predicted molar refractivity (Wildman–Crippen MR) is 87.6 cm³/mol. The minimum atomic E-state index is -0.311. The normalized spacial score (nSPS) is 15.2. The van der Waals surface area contributed by atoms with Gasteiger partial charge < -0.3 is 9.47 Å². The van der Waals surface area contributed by atoms with Crippen molar-refractivity contribution in [3.05, 3.63) is 59.4 Å². The van der Waals surface area contributed by atoms with Crippen molar-refractivity contribution in [3.63, 3.8) is 0 Å². The van der Waals surface area contributed by atoms with Crippen LogP contribution in [0.4, 0.5) is 0 Å². The molecule has 0 saturated heterocycles. The van der Waals surface area contributed by atoms with Crippen LogP contribution in [-0.4, -0.2) is 12.6 Å². The van der Waals surface area contributed by atoms with Crippen LogP contribution in [0.3, 0.4) is 0 Å². The average molecular weight is 294 g/mol. The van der Waals surface area contributed by atoms with Gasteiger partial charge in [0.2, 0.25) is 0 Å². The van der Waals surface area contributed by atoms with Crippen LogP contribution < -0.4 is 4.74 Å². The number of hydrogen-bond donors (Lipinski definition) is 0. The molecular weight excluding hydrogens is 276 g/mol. The molecule has 0 aromatic heterocycles. The van der Waals surface area contributed by atoms with E-state index in [0.717, 1.165) is 16.7 Å². The maximum atomic E-state index is 12.0. The van der Waals surface area contributed by atoms with Gasteiger partial charge in [0.1, 0.15) is 11.5 Å². The lowest BCUT2D eigenvalue weighted by Gasteiger charge is -2.18. The molecule has 1 aliphatic heterocycles. The molecule has 1 aliphatic rings. The van der Waals surface area contributed by atoms with Crippen LogP contribution in [0.25, 0.3) is 16.8 Å². The van der Waals surface area contributed by atoms with Crippen LogP contribution in [-0.2, 0) is 9.53 Å². The molecule has 0 amide bonds. The first-order valence-electron chi connectivity index (χ1n) is 7.52. The zero-order valence-electron chi connectivity index (χ0n) is 12.8. The van der Waals surface area contributed by atoms with E-state index >= 15 is 0 Å². The SMILES string of the molecule is CCOC(=O)/C(CC)=C1\C=Cc2c(ccc3ccccc23)O1. The summed E-state index contributed by atoms with van der Waals surface area (Å²) >= 11 is 0. The van der Waals surface area contributed by atoms with E-state index in [-0.39, 0.29) is 5.97 Å². The molecule has 112 valence electrons. The third-order valence-corrected chi connectivity index (χ3v) is 3.72. The van der Waals surface area contributed by atoms with E-state index < -0.39 is 0 Å². The van der Waals surface area contributed by atoms with Gasteiger partial charge in [-0.15, -0.1) is 0 Å². The van der Waals surface area contributed by atoms with Crippen molar-refractivity contribution >= 4 is 22.8 Å². The first-order valence-corrected chi connectivity index (χ1v) is 7.52. The Hall–Kier alpha value is -2.55. The Morgan fingerprint density at radius 3 is 2.68 bits per heavy atom. The zero-order valence-corrected chi connectivity index (χ0v) is 12.8. The van der Waals surface area contributed by atoms with E-state index in [1.807, 2.05) is 43.3 Å². The van der Waals surface area contributed by atoms with Crippen molar-refractivity contribution in [2.45, 2.75) is 20.3 Å². The van der Waals surface area contributed by atoms with Crippen LogP contribution in [0.1, 0.15) is 25.8 Å². The first kappa shape index (κ1) is 14.4. The van der Waals surface area contributed by atoms with E-state index in [1.54, 1.807) is 6.92 Å². The van der Waals surface area contributed by atoms with E-state index in [9.17, 15) is 4.79 Å². The Bertz CT molecular complexity index is 784. The standard InChI is InChI=1S/C19H18O3/c1-3-14(19(20)21-4-2)17-12-10-16-15-8-6-5-7-13(15)9-11-18(16)22-17/h5-12H,3-4H2,1-2H3/b17-14+. The lowest BCUT2D eigenvalue weighted by Crippen LogP contribution is -2.13. The van der Waals surface area contributed by atoms with Crippen LogP contribution in [0.5, 0.6) is 5.75 Å². The van der Waals surface area contributed by atoms with Gasteiger partial charge >= 0.3 is 5.97 Å². The summed E-state index contributed by atoms with van der Waals surface area (Å²) in [5, 5.41) is 2.31. The first-order chi connectivity index (χ1) is 10.7. The van der Waals surface area contributed by atoms with Gasteiger partial charge in [-0.25, -0.2) is 4.79 Å². The largest absolute Gasteiger partial charge is 0.463 e. The molecule has 0 aliphatic carbocycles. The minimum Gasteiger partial charge on any atom is -0.463 e. The van der Waals surface area contributed by atoms with Crippen LogP contribution in [0.15, 0.2) is 53.8 Å². The molecule has 2 aromatic carbocycles. The molecule has 22 heavy (non-hydrogen) atoms. The molecule has 0 N–H and O–H groups in total. The van der Waals surface area contributed by atoms with Gasteiger partial charge in [0.15, 0.2) is 0 Å². The second-order valence-corrected chi connectivity index (χ2v) is 5.05. The fraction of sp³-hybridized carbons (Fsp3) is 0.211. The number of rotatable bonds is 3. The number of benzene rings is 2. The average Bonchev–Trinajstić information content (AvgIpc) is 2.55. The lowest BCUT2D eigenvalue weighted by molar-refractivity contribution is -0.138. The summed E-state index contributed by atoms with van der Waals surface area (Å²) < 4.78 is 11.0. The molecule has 0 fully saturated rings. The van der Waals surface area contributed by atoms with Crippen molar-refractivity contribution < 1.29 is 14.3 Å². The van der Waals surface area contributed by atoms with Gasteiger partial charge in [0.25, 0.3) is 0 Å². The Labute approximate surface area is 129 Å². The highest BCUT2D eigenvalue weighted by Gasteiger charge is 2.19. The molecule has 0 unspecified atom stereocenters. The predicted octanol–water partition coefficient (Wildman–Crippen LogP) is 4.47. The summed E-state index contributed by atoms with van der Waals surface area (Å²) in [4.78, 5) is 12.0. The van der Waals surface area contributed by atoms with Crippen molar-refractivity contribution in [2.24, 2.45) is 0 Å². The van der Waals surface area contributed by atoms with Gasteiger partial charge in [-0.05, 0) is 42.3 Å². The van der Waals surface area contributed by atoms with Crippen LogP contribution >= 0.6 is 0 Å². The molecule has 0 atom stereocenters. The number of hydrogen-bond acceptors (Lipinski definition) is 3. The van der Waals surface area contributed by atoms with Crippen molar-refractivity contribution in [3.8, 4) is 5.75 Å². The molecule has 2 aromatic rings. The molecule has 3 heteroatoms. The number of esters is 1. The fourth-order valence-electron chi connectivity index (χ4n) is 2.65. The maximum absolute atomic E-state index is 12.0. The Balaban J connectivity index is 2.05. The topological polar surface area (TPSA) is 35.5 Å². The highest BCUT2D eigenvalue weighted by atomic mass is 16.5. The Morgan fingerprint density at radius 2 is 1.91 bits per heavy atom. The van der Waals surface area contributed by atoms with Gasteiger partial charge in [0, 0.05) is 5.56 Å². The molecule has 0 saturated carbocycles. The van der Waals surface area contributed by atoms with E-state index in [4.69, 9.17) is 9.47 Å². The highest BCUT2D eigenvalue weighted by molar-refractivity contribution is 5.95. The number of allylic oxidation sites excluding steroid dienone is 1. The summed E-state index contributed by atoms with van der Waals surface area (Å²) in [6.45, 7) is 4.09. The molecule has 3 rings (SSSR count). The smallest absolute Gasteiger partial charge is 0.337 e. The van der Waals surface area contributed by atoms with Gasteiger partial charge in [-0.3, -0.25) is 0 Å². The molecule has 0 spiro atoms. The highest BCUT2D eigenvalue weighted by Crippen LogP contribution is 2.35. The summed E-state index contributed by atoms with van der Waals surface area (Å²) in [6.07, 6.45) is 4.43. The summed E-state index contributed by atoms with van der Waals surface area (Å²) in [7, 11) is 0. The van der Waals surface area contributed by atoms with E-state index in [2.05, 4.69) is 12.1 Å². The fourth-order valence-corrected chi connectivity index (χ4v) is 2.65. The monoisotopic (exact) mass is 294 g/mol. The number of ether oxygens (including phenoxy) is 2. The third kappa shape index (κ3) is 2.50. The van der Waals surface area contributed by atoms with E-state index in [1.165, 1.54) is 5.39 Å². The summed E-state index contributed by atoms with van der Waals surface area (Å²) in [5.41, 5.74) is 1.61. The van der Waals surface area contributed by atoms with Gasteiger partial charge in [-0.1, -0.05) is 37.3 Å². The number of fused-ring (bicyclic) bond motifs is 3. The molecular formula is C19H18O3. The van der Waals surface area contributed by atoms with Crippen molar-refractivity contribution in [1.29, 1.82) is 0 Å². The second-order valence-electron chi connectivity index (χ2n) is 5.05. The summed E-state index contributed by atoms with van der Waals surface area (Å²) in [6, 6.07) is 12.1. The number of carbonyl (C=O) groups is 1. The van der Waals surface area contributed by atoms with Crippen LogP contribution in [0.2, 0.25) is 0 Å². The van der Waals surface area contributed by atoms with Gasteiger partial charge in [0.05, 0.1) is 12.2 Å². The summed E-state index contributed by atoms with van der Waals surface area (Å²) in [5.74, 6) is 1.03. The molecule has 3 nitrogen and oxygen atoms in total. The quantitative estimate of drug-likeness (QED) is 0.619. The Morgan fingerprint density at radius 1 is 1.09 bits per heavy atom. The molecule has 1 heterocycles. The lowest BCUT2D eigenvalue weighted by atomic mass is 10.0.